The number of thiophene rings is 1. The van der Waals surface area contributed by atoms with Crippen molar-refractivity contribution >= 4 is 17.2 Å². The van der Waals surface area contributed by atoms with E-state index in [9.17, 15) is 4.79 Å². The molecule has 2 rings (SSSR count). The van der Waals surface area contributed by atoms with E-state index < -0.39 is 0 Å². The second-order valence-electron chi connectivity index (χ2n) is 4.45. The summed E-state index contributed by atoms with van der Waals surface area (Å²) in [6, 6.07) is 2.09. The number of fused-ring (bicyclic) bond motifs is 1. The number of rotatable bonds is 4. The summed E-state index contributed by atoms with van der Waals surface area (Å²) in [6.45, 7) is 4.33. The van der Waals surface area contributed by atoms with Crippen molar-refractivity contribution < 1.29 is 4.79 Å². The fourth-order valence-electron chi connectivity index (χ4n) is 2.15. The molecule has 1 amide bonds. The number of hydrogen-bond donors (Lipinski definition) is 1. The highest BCUT2D eigenvalue weighted by Gasteiger charge is 2.15. The van der Waals surface area contributed by atoms with Crippen LogP contribution in [0.4, 0.5) is 0 Å². The fourth-order valence-corrected chi connectivity index (χ4v) is 3.32. The largest absolute Gasteiger partial charge is 0.351 e. The maximum Gasteiger partial charge on any atom is 0.261 e. The first-order valence-electron chi connectivity index (χ1n) is 6.32. The van der Waals surface area contributed by atoms with E-state index in [0.717, 1.165) is 24.1 Å². The molecule has 0 atom stereocenters. The lowest BCUT2D eigenvalue weighted by atomic mass is 10.1. The first-order chi connectivity index (χ1) is 8.31. The monoisotopic (exact) mass is 249 g/mol. The van der Waals surface area contributed by atoms with Crippen LogP contribution >= 0.6 is 11.3 Å². The van der Waals surface area contributed by atoms with E-state index in [1.165, 1.54) is 29.7 Å². The Morgan fingerprint density at radius 1 is 1.41 bits per heavy atom. The summed E-state index contributed by atoms with van der Waals surface area (Å²) < 4.78 is 0. The molecule has 0 fully saturated rings. The van der Waals surface area contributed by atoms with Crippen molar-refractivity contribution in [3.63, 3.8) is 0 Å². The Morgan fingerprint density at radius 2 is 2.24 bits per heavy atom. The van der Waals surface area contributed by atoms with Crippen molar-refractivity contribution in [2.75, 3.05) is 6.54 Å². The van der Waals surface area contributed by atoms with Gasteiger partial charge in [-0.3, -0.25) is 4.79 Å². The lowest BCUT2D eigenvalue weighted by Gasteiger charge is -2.00. The molecule has 0 unspecified atom stereocenters. The summed E-state index contributed by atoms with van der Waals surface area (Å²) in [5.41, 5.74) is 1.40. The minimum absolute atomic E-state index is 0.0740. The first-order valence-corrected chi connectivity index (χ1v) is 7.13. The topological polar surface area (TPSA) is 29.1 Å². The molecule has 92 valence electrons. The standard InChI is InChI=1S/C14H19NOS/c1-2-3-9-15-14(16)13-10-11-7-5-4-6-8-12(11)17-13/h2,10H,1,3-9H2,(H,15,16). The van der Waals surface area contributed by atoms with Crippen LogP contribution < -0.4 is 5.32 Å². The summed E-state index contributed by atoms with van der Waals surface area (Å²) in [5.74, 6) is 0.0740. The van der Waals surface area contributed by atoms with Crippen molar-refractivity contribution in [3.8, 4) is 0 Å². The molecule has 1 aromatic rings. The molecule has 2 nitrogen and oxygen atoms in total. The van der Waals surface area contributed by atoms with E-state index in [0.29, 0.717) is 6.54 Å². The molecule has 1 N–H and O–H groups in total. The Hall–Kier alpha value is -1.09. The van der Waals surface area contributed by atoms with Gasteiger partial charge in [-0.15, -0.1) is 17.9 Å². The zero-order chi connectivity index (χ0) is 12.1. The van der Waals surface area contributed by atoms with Gasteiger partial charge in [0.15, 0.2) is 0 Å². The van der Waals surface area contributed by atoms with E-state index >= 15 is 0 Å². The normalized spacial score (nSPS) is 14.8. The van der Waals surface area contributed by atoms with Crippen LogP contribution in [0.15, 0.2) is 18.7 Å². The molecule has 17 heavy (non-hydrogen) atoms. The van der Waals surface area contributed by atoms with Crippen LogP contribution in [0.3, 0.4) is 0 Å². The molecular weight excluding hydrogens is 230 g/mol. The van der Waals surface area contributed by atoms with Crippen molar-refractivity contribution in [2.45, 2.75) is 38.5 Å². The lowest BCUT2D eigenvalue weighted by Crippen LogP contribution is -2.23. The summed E-state index contributed by atoms with van der Waals surface area (Å²) >= 11 is 1.68. The van der Waals surface area contributed by atoms with Crippen molar-refractivity contribution in [3.05, 3.63) is 34.0 Å². The molecule has 1 aliphatic rings. The zero-order valence-electron chi connectivity index (χ0n) is 10.1. The molecule has 0 saturated carbocycles. The Bertz CT molecular complexity index is 385. The van der Waals surface area contributed by atoms with Crippen LogP contribution in [-0.4, -0.2) is 12.5 Å². The van der Waals surface area contributed by atoms with Crippen molar-refractivity contribution in [1.82, 2.24) is 5.32 Å². The van der Waals surface area contributed by atoms with Gasteiger partial charge >= 0.3 is 0 Å². The van der Waals surface area contributed by atoms with Crippen molar-refractivity contribution in [2.24, 2.45) is 0 Å². The van der Waals surface area contributed by atoms with Gasteiger partial charge in [-0.1, -0.05) is 12.5 Å². The number of nitrogens with one attached hydrogen (secondary N) is 1. The van der Waals surface area contributed by atoms with E-state index in [1.807, 2.05) is 6.08 Å². The first kappa shape index (κ1) is 12.4. The maximum atomic E-state index is 11.9. The number of hydrogen-bond acceptors (Lipinski definition) is 2. The van der Waals surface area contributed by atoms with E-state index in [2.05, 4.69) is 18.0 Å². The quantitative estimate of drug-likeness (QED) is 0.495. The number of aryl methyl sites for hydroxylation is 2. The minimum atomic E-state index is 0.0740. The highest BCUT2D eigenvalue weighted by atomic mass is 32.1. The van der Waals surface area contributed by atoms with E-state index in [1.54, 1.807) is 11.3 Å². The average molecular weight is 249 g/mol. The SMILES string of the molecule is C=CCCNC(=O)c1cc2c(s1)CCCCC2. The summed E-state index contributed by atoms with van der Waals surface area (Å²) in [5, 5.41) is 2.92. The highest BCUT2D eigenvalue weighted by molar-refractivity contribution is 7.14. The van der Waals surface area contributed by atoms with Crippen LogP contribution in [0.5, 0.6) is 0 Å². The van der Waals surface area contributed by atoms with Crippen molar-refractivity contribution in [1.29, 1.82) is 0 Å². The Balaban J connectivity index is 2.01. The molecule has 0 aliphatic heterocycles. The molecular formula is C14H19NOS. The Kier molecular flexibility index (Phi) is 4.37. The van der Waals surface area contributed by atoms with Crippen LogP contribution in [0.25, 0.3) is 0 Å². The minimum Gasteiger partial charge on any atom is -0.351 e. The van der Waals surface area contributed by atoms with Gasteiger partial charge in [-0.05, 0) is 43.7 Å². The molecule has 0 radical (unpaired) electrons. The van der Waals surface area contributed by atoms with Gasteiger partial charge in [0.1, 0.15) is 0 Å². The summed E-state index contributed by atoms with van der Waals surface area (Å²) in [7, 11) is 0. The molecule has 0 spiro atoms. The van der Waals surface area contributed by atoms with Crippen LogP contribution in [-0.2, 0) is 12.8 Å². The Labute approximate surface area is 107 Å². The molecule has 0 aromatic carbocycles. The zero-order valence-corrected chi connectivity index (χ0v) is 10.9. The second kappa shape index (κ2) is 6.01. The van der Waals surface area contributed by atoms with Gasteiger partial charge in [0.25, 0.3) is 5.91 Å². The molecule has 3 heteroatoms. The van der Waals surface area contributed by atoms with Gasteiger partial charge in [0.2, 0.25) is 0 Å². The maximum absolute atomic E-state index is 11.9. The summed E-state index contributed by atoms with van der Waals surface area (Å²) in [6.07, 6.45) is 8.81. The smallest absolute Gasteiger partial charge is 0.261 e. The van der Waals surface area contributed by atoms with Crippen LogP contribution in [0.1, 0.15) is 45.8 Å². The molecule has 0 bridgehead atoms. The van der Waals surface area contributed by atoms with Gasteiger partial charge in [-0.25, -0.2) is 0 Å². The lowest BCUT2D eigenvalue weighted by molar-refractivity contribution is 0.0958. The summed E-state index contributed by atoms with van der Waals surface area (Å²) in [4.78, 5) is 14.2. The predicted octanol–water partition coefficient (Wildman–Crippen LogP) is 3.32. The molecule has 1 heterocycles. The fraction of sp³-hybridized carbons (Fsp3) is 0.500. The van der Waals surface area contributed by atoms with Crippen LogP contribution in [0, 0.1) is 0 Å². The number of amides is 1. The second-order valence-corrected chi connectivity index (χ2v) is 5.59. The van der Waals surface area contributed by atoms with E-state index in [4.69, 9.17) is 0 Å². The molecule has 1 aliphatic carbocycles. The van der Waals surface area contributed by atoms with Gasteiger partial charge < -0.3 is 5.32 Å². The third kappa shape index (κ3) is 3.19. The van der Waals surface area contributed by atoms with E-state index in [-0.39, 0.29) is 5.91 Å². The third-order valence-corrected chi connectivity index (χ3v) is 4.34. The molecule has 1 aromatic heterocycles. The highest BCUT2D eigenvalue weighted by Crippen LogP contribution is 2.28. The number of carbonyl (C=O) groups excluding carboxylic acids is 1. The average Bonchev–Trinajstić information content (AvgIpc) is 2.61. The predicted molar refractivity (Wildman–Crippen MR) is 72.7 cm³/mol. The van der Waals surface area contributed by atoms with Gasteiger partial charge in [-0.2, -0.15) is 0 Å². The Morgan fingerprint density at radius 3 is 3.06 bits per heavy atom. The molecule has 0 saturated heterocycles. The van der Waals surface area contributed by atoms with Crippen LogP contribution in [0.2, 0.25) is 0 Å². The third-order valence-electron chi connectivity index (χ3n) is 3.10. The number of carbonyl (C=O) groups is 1. The van der Waals surface area contributed by atoms with Gasteiger partial charge in [0, 0.05) is 11.4 Å². The van der Waals surface area contributed by atoms with Gasteiger partial charge in [0.05, 0.1) is 4.88 Å².